The van der Waals surface area contributed by atoms with Crippen LogP contribution >= 0.6 is 46.4 Å². The molecule has 3 rings (SSSR count). The van der Waals surface area contributed by atoms with Gasteiger partial charge in [0, 0.05) is 10.0 Å². The van der Waals surface area contributed by atoms with E-state index in [1.807, 2.05) is 6.08 Å². The normalized spacial score (nSPS) is 35.2. The maximum atomic E-state index is 6.35. The van der Waals surface area contributed by atoms with Gasteiger partial charge in [-0.2, -0.15) is 0 Å². The molecule has 0 bridgehead atoms. The number of ether oxygens (including phenoxy) is 1. The minimum absolute atomic E-state index is 0.00536. The highest BCUT2D eigenvalue weighted by molar-refractivity contribution is 6.36. The fourth-order valence-corrected chi connectivity index (χ4v) is 3.25. The lowest BCUT2D eigenvalue weighted by Gasteiger charge is -2.19. The van der Waals surface area contributed by atoms with E-state index >= 15 is 0 Å². The van der Waals surface area contributed by atoms with E-state index in [2.05, 4.69) is 0 Å². The molecule has 1 nitrogen and oxygen atoms in total. The van der Waals surface area contributed by atoms with Crippen molar-refractivity contribution in [2.45, 2.75) is 23.0 Å². The van der Waals surface area contributed by atoms with Crippen LogP contribution in [0.1, 0.15) is 5.56 Å². The van der Waals surface area contributed by atoms with Crippen molar-refractivity contribution >= 4 is 52.0 Å². The summed E-state index contributed by atoms with van der Waals surface area (Å²) >= 11 is 24.7. The van der Waals surface area contributed by atoms with Crippen LogP contribution in [0.2, 0.25) is 10.0 Å². The Labute approximate surface area is 119 Å². The lowest BCUT2D eigenvalue weighted by molar-refractivity contribution is 0.379. The Morgan fingerprint density at radius 3 is 2.59 bits per heavy atom. The predicted octanol–water partition coefficient (Wildman–Crippen LogP) is 4.37. The Balaban J connectivity index is 2.05. The van der Waals surface area contributed by atoms with Crippen molar-refractivity contribution < 1.29 is 4.74 Å². The largest absolute Gasteiger partial charge is 0.366 e. The van der Waals surface area contributed by atoms with Crippen LogP contribution in [-0.2, 0) is 4.74 Å². The molecule has 0 saturated carbocycles. The second kappa shape index (κ2) is 4.32. The average molecular weight is 310 g/mol. The van der Waals surface area contributed by atoms with Gasteiger partial charge < -0.3 is 4.74 Å². The summed E-state index contributed by atoms with van der Waals surface area (Å²) in [6.07, 6.45) is 1.94. The summed E-state index contributed by atoms with van der Waals surface area (Å²) in [5.41, 5.74) is 1.73. The topological polar surface area (TPSA) is 12.5 Å². The van der Waals surface area contributed by atoms with Crippen LogP contribution in [0, 0.1) is 0 Å². The van der Waals surface area contributed by atoms with Crippen LogP contribution in [0.5, 0.6) is 0 Å². The maximum absolute atomic E-state index is 6.35. The summed E-state index contributed by atoms with van der Waals surface area (Å²) < 4.78 is 5.43. The first-order chi connectivity index (χ1) is 8.08. The summed E-state index contributed by atoms with van der Waals surface area (Å²) in [4.78, 5) is 0. The highest BCUT2D eigenvalue weighted by atomic mass is 35.5. The molecule has 4 atom stereocenters. The SMILES string of the molecule is Clc1ccc(Cl)c(C2=CC(Cl)C3OC3C2Cl)c1. The number of hydrogen-bond donors (Lipinski definition) is 0. The first-order valence-electron chi connectivity index (χ1n) is 5.18. The van der Waals surface area contributed by atoms with Crippen molar-refractivity contribution in [3.8, 4) is 0 Å². The highest BCUT2D eigenvalue weighted by Crippen LogP contribution is 2.46. The van der Waals surface area contributed by atoms with Crippen molar-refractivity contribution in [3.63, 3.8) is 0 Å². The predicted molar refractivity (Wildman–Crippen MR) is 72.4 cm³/mol. The molecule has 1 aliphatic heterocycles. The molecular formula is C12H8Cl4O. The minimum Gasteiger partial charge on any atom is -0.366 e. The van der Waals surface area contributed by atoms with Crippen LogP contribution in [0.25, 0.3) is 5.57 Å². The molecule has 1 aromatic rings. The molecule has 0 amide bonds. The Morgan fingerprint density at radius 2 is 1.82 bits per heavy atom. The number of epoxide rings is 1. The summed E-state index contributed by atoms with van der Waals surface area (Å²) in [7, 11) is 0. The summed E-state index contributed by atoms with van der Waals surface area (Å²) in [6.45, 7) is 0. The van der Waals surface area contributed by atoms with Crippen molar-refractivity contribution in [1.29, 1.82) is 0 Å². The highest BCUT2D eigenvalue weighted by Gasteiger charge is 2.52. The van der Waals surface area contributed by atoms with Gasteiger partial charge in [-0.05, 0) is 29.3 Å². The van der Waals surface area contributed by atoms with Crippen LogP contribution in [0.15, 0.2) is 24.3 Å². The maximum Gasteiger partial charge on any atom is 0.106 e. The molecule has 1 saturated heterocycles. The molecule has 0 spiro atoms. The first kappa shape index (κ1) is 12.1. The molecule has 1 aromatic carbocycles. The molecule has 4 unspecified atom stereocenters. The molecule has 17 heavy (non-hydrogen) atoms. The number of alkyl halides is 2. The molecule has 5 heteroatoms. The van der Waals surface area contributed by atoms with Gasteiger partial charge in [0.25, 0.3) is 0 Å². The quantitative estimate of drug-likeness (QED) is 0.554. The zero-order valence-electron chi connectivity index (χ0n) is 8.54. The molecule has 1 heterocycles. The van der Waals surface area contributed by atoms with Gasteiger partial charge in [0.05, 0.1) is 10.8 Å². The number of rotatable bonds is 1. The van der Waals surface area contributed by atoms with E-state index in [1.54, 1.807) is 18.2 Å². The van der Waals surface area contributed by atoms with E-state index < -0.39 is 0 Å². The molecule has 1 fully saturated rings. The first-order valence-corrected chi connectivity index (χ1v) is 6.81. The van der Waals surface area contributed by atoms with Gasteiger partial charge >= 0.3 is 0 Å². The Bertz CT molecular complexity index is 499. The van der Waals surface area contributed by atoms with Crippen molar-refractivity contribution in [2.75, 3.05) is 0 Å². The van der Waals surface area contributed by atoms with Crippen LogP contribution in [-0.4, -0.2) is 23.0 Å². The third-order valence-corrected chi connectivity index (χ3v) is 4.46. The Kier molecular flexibility index (Phi) is 3.09. The lowest BCUT2D eigenvalue weighted by atomic mass is 9.93. The molecule has 0 N–H and O–H groups in total. The summed E-state index contributed by atoms with van der Waals surface area (Å²) in [5, 5.41) is 0.874. The van der Waals surface area contributed by atoms with Crippen molar-refractivity contribution in [2.24, 2.45) is 0 Å². The van der Waals surface area contributed by atoms with Crippen LogP contribution < -0.4 is 0 Å². The van der Waals surface area contributed by atoms with E-state index in [9.17, 15) is 0 Å². The van der Waals surface area contributed by atoms with E-state index in [1.165, 1.54) is 0 Å². The minimum atomic E-state index is -0.217. The monoisotopic (exact) mass is 308 g/mol. The second-order valence-electron chi connectivity index (χ2n) is 4.16. The fraction of sp³-hybridized carbons (Fsp3) is 0.333. The van der Waals surface area contributed by atoms with E-state index in [4.69, 9.17) is 51.1 Å². The number of halogens is 4. The summed E-state index contributed by atoms with van der Waals surface area (Å²) in [6, 6.07) is 5.30. The van der Waals surface area contributed by atoms with Crippen LogP contribution in [0.3, 0.4) is 0 Å². The van der Waals surface area contributed by atoms with Gasteiger partial charge in [-0.15, -0.1) is 23.2 Å². The van der Waals surface area contributed by atoms with Gasteiger partial charge in [0.1, 0.15) is 12.2 Å². The van der Waals surface area contributed by atoms with Gasteiger partial charge in [-0.25, -0.2) is 0 Å². The molecule has 1 aliphatic carbocycles. The molecule has 2 aliphatic rings. The van der Waals surface area contributed by atoms with Crippen molar-refractivity contribution in [1.82, 2.24) is 0 Å². The lowest BCUT2D eigenvalue weighted by Crippen LogP contribution is -2.23. The number of fused-ring (bicyclic) bond motifs is 1. The number of benzene rings is 1. The molecule has 90 valence electrons. The van der Waals surface area contributed by atoms with Crippen molar-refractivity contribution in [3.05, 3.63) is 39.9 Å². The van der Waals surface area contributed by atoms with Gasteiger partial charge in [-0.3, -0.25) is 0 Å². The van der Waals surface area contributed by atoms with Crippen LogP contribution in [0.4, 0.5) is 0 Å². The summed E-state index contributed by atoms with van der Waals surface area (Å²) in [5.74, 6) is 0. The standard InChI is InChI=1S/C12H8Cl4O/c13-5-1-2-8(14)6(3-5)7-4-9(15)11-12(17-11)10(7)16/h1-4,9-12H. The molecular weight excluding hydrogens is 302 g/mol. The van der Waals surface area contributed by atoms with Gasteiger partial charge in [0.2, 0.25) is 0 Å². The smallest absolute Gasteiger partial charge is 0.106 e. The third kappa shape index (κ3) is 2.09. The average Bonchev–Trinajstić information content (AvgIpc) is 3.08. The Hall–Kier alpha value is 0.0800. The van der Waals surface area contributed by atoms with E-state index in [-0.39, 0.29) is 23.0 Å². The van der Waals surface area contributed by atoms with E-state index in [0.717, 1.165) is 11.1 Å². The zero-order chi connectivity index (χ0) is 12.2. The fourth-order valence-electron chi connectivity index (χ4n) is 2.12. The second-order valence-corrected chi connectivity index (χ2v) is 5.98. The molecule has 0 radical (unpaired) electrons. The Morgan fingerprint density at radius 1 is 1.06 bits per heavy atom. The zero-order valence-corrected chi connectivity index (χ0v) is 11.6. The third-order valence-electron chi connectivity index (χ3n) is 3.04. The van der Waals surface area contributed by atoms with Gasteiger partial charge in [0.15, 0.2) is 0 Å². The molecule has 0 aromatic heterocycles. The van der Waals surface area contributed by atoms with E-state index in [0.29, 0.717) is 10.0 Å². The number of hydrogen-bond acceptors (Lipinski definition) is 1. The van der Waals surface area contributed by atoms with Gasteiger partial charge in [-0.1, -0.05) is 29.3 Å².